The minimum atomic E-state index is 0.696. The van der Waals surface area contributed by atoms with Crippen molar-refractivity contribution < 1.29 is 4.52 Å². The second kappa shape index (κ2) is 2.19. The van der Waals surface area contributed by atoms with Gasteiger partial charge in [0.25, 0.3) is 0 Å². The minimum absolute atomic E-state index is 0.696. The smallest absolute Gasteiger partial charge is 0.136 e. The van der Waals surface area contributed by atoms with E-state index in [0.29, 0.717) is 11.4 Å². The van der Waals surface area contributed by atoms with Crippen molar-refractivity contribution in [1.82, 2.24) is 20.6 Å². The van der Waals surface area contributed by atoms with Crippen LogP contribution >= 0.6 is 0 Å². The monoisotopic (exact) mass is 150 g/mol. The third-order valence-electron chi connectivity index (χ3n) is 1.31. The molecule has 2 aromatic heterocycles. The second-order valence-corrected chi connectivity index (χ2v) is 2.18. The van der Waals surface area contributed by atoms with E-state index in [9.17, 15) is 0 Å². The Hall–Kier alpha value is -1.65. The van der Waals surface area contributed by atoms with Gasteiger partial charge in [0.1, 0.15) is 17.1 Å². The Morgan fingerprint density at radius 2 is 2.36 bits per heavy atom. The number of hydrogen-bond donors (Lipinski definition) is 1. The van der Waals surface area contributed by atoms with Gasteiger partial charge in [-0.1, -0.05) is 10.4 Å². The molecule has 0 bridgehead atoms. The molecule has 2 rings (SSSR count). The van der Waals surface area contributed by atoms with Crippen LogP contribution < -0.4 is 0 Å². The van der Waals surface area contributed by atoms with Crippen LogP contribution in [0.25, 0.3) is 11.4 Å². The average Bonchev–Trinajstić information content (AvgIpc) is 2.55. The number of H-pyrrole nitrogens is 1. The molecule has 0 aliphatic rings. The molecule has 0 aliphatic heterocycles. The maximum atomic E-state index is 4.86. The second-order valence-electron chi connectivity index (χ2n) is 2.18. The zero-order valence-electron chi connectivity index (χ0n) is 5.90. The number of nitrogens with one attached hydrogen (secondary N) is 1. The number of hydrogen-bond acceptors (Lipinski definition) is 4. The molecule has 0 aliphatic carbocycles. The number of nitrogens with zero attached hydrogens (tertiary/aromatic N) is 3. The fourth-order valence-corrected chi connectivity index (χ4v) is 0.814. The van der Waals surface area contributed by atoms with E-state index in [1.165, 1.54) is 0 Å². The van der Waals surface area contributed by atoms with Crippen LogP contribution in [0.15, 0.2) is 16.8 Å². The SMILES string of the molecule is Cc1cc(-c2c[nH]nn2)no1. The highest BCUT2D eigenvalue weighted by Gasteiger charge is 2.04. The molecule has 0 fully saturated rings. The van der Waals surface area contributed by atoms with Crippen molar-refractivity contribution >= 4 is 0 Å². The quantitative estimate of drug-likeness (QED) is 0.651. The first kappa shape index (κ1) is 6.09. The van der Waals surface area contributed by atoms with Gasteiger partial charge in [0.2, 0.25) is 0 Å². The molecule has 0 spiro atoms. The molecule has 0 saturated carbocycles. The van der Waals surface area contributed by atoms with Gasteiger partial charge in [-0.25, -0.2) is 0 Å². The Morgan fingerprint density at radius 1 is 1.45 bits per heavy atom. The predicted molar refractivity (Wildman–Crippen MR) is 36.6 cm³/mol. The van der Waals surface area contributed by atoms with Gasteiger partial charge >= 0.3 is 0 Å². The zero-order valence-corrected chi connectivity index (χ0v) is 5.90. The van der Waals surface area contributed by atoms with Crippen LogP contribution in [0.3, 0.4) is 0 Å². The van der Waals surface area contributed by atoms with Gasteiger partial charge in [-0.3, -0.25) is 5.10 Å². The van der Waals surface area contributed by atoms with E-state index in [-0.39, 0.29) is 0 Å². The Labute approximate surface area is 62.4 Å². The van der Waals surface area contributed by atoms with Crippen molar-refractivity contribution in [1.29, 1.82) is 0 Å². The highest BCUT2D eigenvalue weighted by molar-refractivity contribution is 5.51. The Morgan fingerprint density at radius 3 is 2.91 bits per heavy atom. The van der Waals surface area contributed by atoms with E-state index >= 15 is 0 Å². The standard InChI is InChI=1S/C6H6N4O/c1-4-2-5(9-11-4)6-3-7-10-8-6/h2-3H,1H3,(H,7,8,10). The van der Waals surface area contributed by atoms with Crippen LogP contribution in [0.2, 0.25) is 0 Å². The van der Waals surface area contributed by atoms with Crippen molar-refractivity contribution in [2.75, 3.05) is 0 Å². The molecule has 5 heteroatoms. The summed E-state index contributed by atoms with van der Waals surface area (Å²) in [7, 11) is 0. The summed E-state index contributed by atoms with van der Waals surface area (Å²) >= 11 is 0. The van der Waals surface area contributed by atoms with Crippen molar-refractivity contribution in [3.63, 3.8) is 0 Å². The molecule has 0 aromatic carbocycles. The lowest BCUT2D eigenvalue weighted by molar-refractivity contribution is 0.399. The first-order valence-corrected chi connectivity index (χ1v) is 3.16. The highest BCUT2D eigenvalue weighted by atomic mass is 16.5. The van der Waals surface area contributed by atoms with Crippen LogP contribution in [-0.4, -0.2) is 20.6 Å². The normalized spacial score (nSPS) is 10.3. The summed E-state index contributed by atoms with van der Waals surface area (Å²) in [5.41, 5.74) is 1.40. The number of rotatable bonds is 1. The minimum Gasteiger partial charge on any atom is -0.361 e. The van der Waals surface area contributed by atoms with Gasteiger partial charge in [-0.05, 0) is 6.92 Å². The molecule has 2 heterocycles. The van der Waals surface area contributed by atoms with E-state index in [2.05, 4.69) is 20.6 Å². The molecule has 0 unspecified atom stereocenters. The Bertz CT molecular complexity index is 337. The van der Waals surface area contributed by atoms with Gasteiger partial charge in [0, 0.05) is 6.07 Å². The first-order valence-electron chi connectivity index (χ1n) is 3.16. The third kappa shape index (κ3) is 1.000. The van der Waals surface area contributed by atoms with E-state index in [0.717, 1.165) is 5.76 Å². The lowest BCUT2D eigenvalue weighted by Crippen LogP contribution is -1.75. The van der Waals surface area contributed by atoms with Crippen LogP contribution in [-0.2, 0) is 0 Å². The van der Waals surface area contributed by atoms with Crippen LogP contribution in [0.5, 0.6) is 0 Å². The predicted octanol–water partition coefficient (Wildman–Crippen LogP) is 0.768. The van der Waals surface area contributed by atoms with Crippen LogP contribution in [0.4, 0.5) is 0 Å². The molecular formula is C6H6N4O. The number of aromatic nitrogens is 4. The summed E-state index contributed by atoms with van der Waals surface area (Å²) in [6.07, 6.45) is 1.66. The molecular weight excluding hydrogens is 144 g/mol. The highest BCUT2D eigenvalue weighted by Crippen LogP contribution is 2.13. The average molecular weight is 150 g/mol. The lowest BCUT2D eigenvalue weighted by atomic mass is 10.3. The van der Waals surface area contributed by atoms with E-state index < -0.39 is 0 Å². The largest absolute Gasteiger partial charge is 0.361 e. The van der Waals surface area contributed by atoms with Crippen molar-refractivity contribution in [3.05, 3.63) is 18.0 Å². The topological polar surface area (TPSA) is 67.6 Å². The number of aryl methyl sites for hydroxylation is 1. The molecule has 1 N–H and O–H groups in total. The van der Waals surface area contributed by atoms with Crippen LogP contribution in [0, 0.1) is 6.92 Å². The van der Waals surface area contributed by atoms with Gasteiger partial charge in [0.05, 0.1) is 6.20 Å². The maximum Gasteiger partial charge on any atom is 0.136 e. The Balaban J connectivity index is 2.45. The summed E-state index contributed by atoms with van der Waals surface area (Å²) in [4.78, 5) is 0. The fraction of sp³-hybridized carbons (Fsp3) is 0.167. The Kier molecular flexibility index (Phi) is 1.21. The maximum absolute atomic E-state index is 4.86. The summed E-state index contributed by atoms with van der Waals surface area (Å²) in [6, 6.07) is 1.80. The van der Waals surface area contributed by atoms with E-state index in [4.69, 9.17) is 4.52 Å². The molecule has 0 atom stereocenters. The van der Waals surface area contributed by atoms with Crippen molar-refractivity contribution in [2.45, 2.75) is 6.92 Å². The van der Waals surface area contributed by atoms with Gasteiger partial charge in [-0.15, -0.1) is 5.10 Å². The van der Waals surface area contributed by atoms with Gasteiger partial charge < -0.3 is 4.52 Å². The molecule has 11 heavy (non-hydrogen) atoms. The number of aromatic amines is 1. The summed E-state index contributed by atoms with van der Waals surface area (Å²) < 4.78 is 4.86. The zero-order chi connectivity index (χ0) is 7.68. The van der Waals surface area contributed by atoms with Crippen molar-refractivity contribution in [2.24, 2.45) is 0 Å². The van der Waals surface area contributed by atoms with Crippen molar-refractivity contribution in [3.8, 4) is 11.4 Å². The summed E-state index contributed by atoms with van der Waals surface area (Å²) in [5, 5.41) is 13.7. The van der Waals surface area contributed by atoms with E-state index in [1.54, 1.807) is 12.3 Å². The molecule has 0 radical (unpaired) electrons. The first-order chi connectivity index (χ1) is 5.36. The summed E-state index contributed by atoms with van der Waals surface area (Å²) in [6.45, 7) is 1.83. The lowest BCUT2D eigenvalue weighted by Gasteiger charge is -1.78. The van der Waals surface area contributed by atoms with Crippen LogP contribution in [0.1, 0.15) is 5.76 Å². The molecule has 0 amide bonds. The molecule has 0 saturated heterocycles. The van der Waals surface area contributed by atoms with Gasteiger partial charge in [0.15, 0.2) is 0 Å². The van der Waals surface area contributed by atoms with E-state index in [1.807, 2.05) is 6.92 Å². The van der Waals surface area contributed by atoms with Gasteiger partial charge in [-0.2, -0.15) is 0 Å². The molecule has 2 aromatic rings. The molecule has 5 nitrogen and oxygen atoms in total. The fourth-order valence-electron chi connectivity index (χ4n) is 0.814. The summed E-state index contributed by atoms with van der Waals surface area (Å²) in [5.74, 6) is 0.767. The molecule has 56 valence electrons. The third-order valence-corrected chi connectivity index (χ3v) is 1.31.